The van der Waals surface area contributed by atoms with Gasteiger partial charge in [-0.1, -0.05) is 12.1 Å². The molecule has 1 saturated heterocycles. The summed E-state index contributed by atoms with van der Waals surface area (Å²) in [5.74, 6) is 0.573. The molecule has 2 atom stereocenters. The third-order valence-electron chi connectivity index (χ3n) is 4.03. The minimum absolute atomic E-state index is 0.0754. The van der Waals surface area contributed by atoms with Crippen LogP contribution in [-0.2, 0) is 9.53 Å². The van der Waals surface area contributed by atoms with E-state index in [0.29, 0.717) is 19.7 Å². The predicted octanol–water partition coefficient (Wildman–Crippen LogP) is 2.01. The highest BCUT2D eigenvalue weighted by Gasteiger charge is 2.27. The molecule has 1 heterocycles. The van der Waals surface area contributed by atoms with Crippen LogP contribution >= 0.6 is 0 Å². The lowest BCUT2D eigenvalue weighted by Crippen LogP contribution is -2.44. The third-order valence-corrected chi connectivity index (χ3v) is 4.03. The summed E-state index contributed by atoms with van der Waals surface area (Å²) in [6.45, 7) is 6.57. The molecule has 0 radical (unpaired) electrons. The Morgan fingerprint density at radius 1 is 1.48 bits per heavy atom. The molecule has 5 nitrogen and oxygen atoms in total. The molecule has 0 amide bonds. The molecule has 5 heteroatoms. The number of ether oxygens (including phenoxy) is 2. The molecule has 0 unspecified atom stereocenters. The van der Waals surface area contributed by atoms with Crippen molar-refractivity contribution in [1.82, 2.24) is 4.90 Å². The summed E-state index contributed by atoms with van der Waals surface area (Å²) in [6, 6.07) is 7.78. The van der Waals surface area contributed by atoms with Crippen molar-refractivity contribution >= 4 is 5.97 Å². The lowest BCUT2D eigenvalue weighted by atomic mass is 9.98. The van der Waals surface area contributed by atoms with Crippen LogP contribution in [0.1, 0.15) is 25.3 Å². The van der Waals surface area contributed by atoms with Gasteiger partial charge in [0.25, 0.3) is 0 Å². The molecule has 0 bridgehead atoms. The van der Waals surface area contributed by atoms with Crippen LogP contribution in [0.25, 0.3) is 0 Å². The molecule has 1 aromatic rings. The zero-order valence-electron chi connectivity index (χ0n) is 14.0. The van der Waals surface area contributed by atoms with Gasteiger partial charge in [-0.15, -0.1) is 0 Å². The van der Waals surface area contributed by atoms with Gasteiger partial charge in [-0.3, -0.25) is 9.69 Å². The molecule has 1 N–H and O–H groups in total. The number of aliphatic hydroxyl groups excluding tert-OH is 1. The first-order valence-corrected chi connectivity index (χ1v) is 8.35. The van der Waals surface area contributed by atoms with Gasteiger partial charge in [0.1, 0.15) is 18.5 Å². The maximum Gasteiger partial charge on any atom is 0.310 e. The normalized spacial score (nSPS) is 20.0. The number of piperidine rings is 1. The van der Waals surface area contributed by atoms with Gasteiger partial charge in [0.2, 0.25) is 0 Å². The number of aryl methyl sites for hydroxylation is 1. The van der Waals surface area contributed by atoms with Gasteiger partial charge in [0, 0.05) is 13.1 Å². The van der Waals surface area contributed by atoms with Crippen LogP contribution < -0.4 is 4.74 Å². The number of nitrogens with zero attached hydrogens (tertiary/aromatic N) is 1. The molecule has 1 fully saturated rings. The number of aliphatic hydroxyl groups is 1. The zero-order chi connectivity index (χ0) is 16.7. The van der Waals surface area contributed by atoms with Crippen molar-refractivity contribution in [3.8, 4) is 5.75 Å². The van der Waals surface area contributed by atoms with E-state index in [-0.39, 0.29) is 18.5 Å². The summed E-state index contributed by atoms with van der Waals surface area (Å²) in [6.07, 6.45) is 1.25. The van der Waals surface area contributed by atoms with Crippen LogP contribution in [0, 0.1) is 12.8 Å². The molecule has 2 rings (SSSR count). The average Bonchev–Trinajstić information content (AvgIpc) is 2.53. The van der Waals surface area contributed by atoms with Crippen molar-refractivity contribution in [2.24, 2.45) is 5.92 Å². The Balaban J connectivity index is 1.76. The minimum atomic E-state index is -0.573. The van der Waals surface area contributed by atoms with Crippen molar-refractivity contribution in [3.05, 3.63) is 29.8 Å². The molecule has 1 aliphatic rings. The van der Waals surface area contributed by atoms with Gasteiger partial charge < -0.3 is 14.6 Å². The summed E-state index contributed by atoms with van der Waals surface area (Å²) in [4.78, 5) is 14.0. The first-order chi connectivity index (χ1) is 11.1. The summed E-state index contributed by atoms with van der Waals surface area (Å²) in [7, 11) is 0. The quantitative estimate of drug-likeness (QED) is 0.779. The monoisotopic (exact) mass is 321 g/mol. The number of hydrogen-bond donors (Lipinski definition) is 1. The second kappa shape index (κ2) is 8.89. The Hall–Kier alpha value is -1.59. The Morgan fingerprint density at radius 2 is 2.30 bits per heavy atom. The van der Waals surface area contributed by atoms with Gasteiger partial charge in [0.05, 0.1) is 12.5 Å². The Bertz CT molecular complexity index is 506. The number of carbonyl (C=O) groups is 1. The van der Waals surface area contributed by atoms with E-state index in [1.54, 1.807) is 0 Å². The maximum atomic E-state index is 11.8. The topological polar surface area (TPSA) is 59.0 Å². The second-order valence-corrected chi connectivity index (χ2v) is 6.13. The highest BCUT2D eigenvalue weighted by molar-refractivity contribution is 5.72. The molecular weight excluding hydrogens is 294 g/mol. The number of esters is 1. The number of β-amino-alcohol motifs (C(OH)–C–C–N with tert-alkyl or cyclic N) is 1. The number of rotatable bonds is 7. The van der Waals surface area contributed by atoms with Crippen LogP contribution in [0.15, 0.2) is 24.3 Å². The molecule has 0 aliphatic carbocycles. The van der Waals surface area contributed by atoms with Crippen LogP contribution in [0.3, 0.4) is 0 Å². The van der Waals surface area contributed by atoms with E-state index in [0.717, 1.165) is 30.7 Å². The van der Waals surface area contributed by atoms with Crippen molar-refractivity contribution in [2.75, 3.05) is 32.8 Å². The molecule has 0 aromatic heterocycles. The van der Waals surface area contributed by atoms with E-state index in [4.69, 9.17) is 9.47 Å². The largest absolute Gasteiger partial charge is 0.491 e. The molecule has 1 aromatic carbocycles. The first-order valence-electron chi connectivity index (χ1n) is 8.35. The van der Waals surface area contributed by atoms with Crippen LogP contribution in [0.2, 0.25) is 0 Å². The van der Waals surface area contributed by atoms with Gasteiger partial charge >= 0.3 is 5.97 Å². The smallest absolute Gasteiger partial charge is 0.310 e. The Kier molecular flexibility index (Phi) is 6.86. The van der Waals surface area contributed by atoms with Gasteiger partial charge in [0.15, 0.2) is 0 Å². The Morgan fingerprint density at radius 3 is 3.04 bits per heavy atom. The number of likely N-dealkylation sites (tertiary alicyclic amines) is 1. The molecular formula is C18H27NO4. The molecule has 128 valence electrons. The lowest BCUT2D eigenvalue weighted by molar-refractivity contribution is -0.150. The standard InChI is InChI=1S/C18H27NO4/c1-3-22-18(21)15-7-5-9-19(11-15)12-16(20)13-23-17-8-4-6-14(2)10-17/h4,6,8,10,15-16,20H,3,5,7,9,11-13H2,1-2H3/t15-,16+/m1/s1. The maximum absolute atomic E-state index is 11.8. The van der Waals surface area contributed by atoms with Gasteiger partial charge in [-0.25, -0.2) is 0 Å². The number of benzene rings is 1. The minimum Gasteiger partial charge on any atom is -0.491 e. The lowest BCUT2D eigenvalue weighted by Gasteiger charge is -2.32. The fourth-order valence-corrected chi connectivity index (χ4v) is 2.92. The van der Waals surface area contributed by atoms with Crippen molar-refractivity contribution in [1.29, 1.82) is 0 Å². The SMILES string of the molecule is CCOC(=O)[C@@H]1CCCN(C[C@H](O)COc2cccc(C)c2)C1. The fourth-order valence-electron chi connectivity index (χ4n) is 2.92. The first kappa shape index (κ1) is 17.8. The van der Waals surface area contributed by atoms with Crippen LogP contribution in [0.5, 0.6) is 5.75 Å². The number of hydrogen-bond acceptors (Lipinski definition) is 5. The van der Waals surface area contributed by atoms with Gasteiger partial charge in [-0.2, -0.15) is 0 Å². The molecule has 23 heavy (non-hydrogen) atoms. The summed E-state index contributed by atoms with van der Waals surface area (Å²) in [5.41, 5.74) is 1.13. The van der Waals surface area contributed by atoms with Crippen molar-refractivity contribution in [2.45, 2.75) is 32.8 Å². The second-order valence-electron chi connectivity index (χ2n) is 6.13. The van der Waals surface area contributed by atoms with E-state index in [1.165, 1.54) is 0 Å². The predicted molar refractivity (Wildman–Crippen MR) is 88.5 cm³/mol. The molecule has 0 saturated carbocycles. The summed E-state index contributed by atoms with van der Waals surface area (Å²) >= 11 is 0. The van der Waals surface area contributed by atoms with Crippen LogP contribution in [-0.4, -0.2) is 54.9 Å². The van der Waals surface area contributed by atoms with E-state index in [1.807, 2.05) is 38.1 Å². The van der Waals surface area contributed by atoms with E-state index >= 15 is 0 Å². The van der Waals surface area contributed by atoms with E-state index in [2.05, 4.69) is 4.90 Å². The van der Waals surface area contributed by atoms with Crippen LogP contribution in [0.4, 0.5) is 0 Å². The Labute approximate surface area is 138 Å². The molecule has 0 spiro atoms. The highest BCUT2D eigenvalue weighted by Crippen LogP contribution is 2.18. The van der Waals surface area contributed by atoms with Crippen molar-refractivity contribution < 1.29 is 19.4 Å². The average molecular weight is 321 g/mol. The highest BCUT2D eigenvalue weighted by atomic mass is 16.5. The summed E-state index contributed by atoms with van der Waals surface area (Å²) < 4.78 is 10.7. The zero-order valence-corrected chi connectivity index (χ0v) is 14.0. The fraction of sp³-hybridized carbons (Fsp3) is 0.611. The summed E-state index contributed by atoms with van der Waals surface area (Å²) in [5, 5.41) is 10.2. The molecule has 1 aliphatic heterocycles. The van der Waals surface area contributed by atoms with E-state index < -0.39 is 6.10 Å². The van der Waals surface area contributed by atoms with E-state index in [9.17, 15) is 9.90 Å². The van der Waals surface area contributed by atoms with Gasteiger partial charge in [-0.05, 0) is 50.9 Å². The van der Waals surface area contributed by atoms with Crippen molar-refractivity contribution in [3.63, 3.8) is 0 Å². The third kappa shape index (κ3) is 5.84. The number of carbonyl (C=O) groups excluding carboxylic acids is 1.